The quantitative estimate of drug-likeness (QED) is 0.866. The van der Waals surface area contributed by atoms with Crippen LogP contribution in [0.15, 0.2) is 18.2 Å². The molecule has 0 fully saturated rings. The average Bonchev–Trinajstić information content (AvgIpc) is 2.21. The molecule has 1 aromatic carbocycles. The van der Waals surface area contributed by atoms with Crippen molar-refractivity contribution in [3.8, 4) is 0 Å². The molecular formula is C12H16Cl2N2O. The lowest BCUT2D eigenvalue weighted by atomic mass is 10.2. The fraction of sp³-hybridized carbons (Fsp3) is 0.417. The lowest BCUT2D eigenvalue weighted by molar-refractivity contribution is -0.115. The molecule has 0 heterocycles. The third-order valence-corrected chi connectivity index (χ3v) is 2.59. The number of carbonyl (C=O) groups is 1. The Balaban J connectivity index is 2.45. The summed E-state index contributed by atoms with van der Waals surface area (Å²) in [6, 6.07) is 4.97. The predicted octanol–water partition coefficient (Wildman–Crippen LogP) is 3.18. The normalized spacial score (nSPS) is 10.6. The summed E-state index contributed by atoms with van der Waals surface area (Å²) >= 11 is 11.7. The summed E-state index contributed by atoms with van der Waals surface area (Å²) in [6.07, 6.45) is 0. The minimum Gasteiger partial charge on any atom is -0.324 e. The maximum Gasteiger partial charge on any atom is 0.238 e. The van der Waals surface area contributed by atoms with E-state index in [9.17, 15) is 4.79 Å². The number of hydrogen-bond donors (Lipinski definition) is 2. The lowest BCUT2D eigenvalue weighted by Gasteiger charge is -2.09. The van der Waals surface area contributed by atoms with Crippen LogP contribution in [-0.4, -0.2) is 19.0 Å². The molecular weight excluding hydrogens is 259 g/mol. The van der Waals surface area contributed by atoms with Gasteiger partial charge in [0, 0.05) is 5.02 Å². The van der Waals surface area contributed by atoms with Crippen LogP contribution in [0.25, 0.3) is 0 Å². The molecule has 0 aliphatic heterocycles. The Morgan fingerprint density at radius 1 is 1.35 bits per heavy atom. The molecule has 17 heavy (non-hydrogen) atoms. The molecule has 0 aliphatic carbocycles. The van der Waals surface area contributed by atoms with Crippen LogP contribution in [0.4, 0.5) is 5.69 Å². The molecule has 0 saturated carbocycles. The Hall–Kier alpha value is -0.770. The van der Waals surface area contributed by atoms with E-state index in [1.165, 1.54) is 0 Å². The van der Waals surface area contributed by atoms with Crippen molar-refractivity contribution >= 4 is 34.8 Å². The number of amides is 1. The van der Waals surface area contributed by atoms with E-state index in [0.717, 1.165) is 6.54 Å². The second-order valence-electron chi connectivity index (χ2n) is 4.20. The Morgan fingerprint density at radius 2 is 2.06 bits per heavy atom. The summed E-state index contributed by atoms with van der Waals surface area (Å²) < 4.78 is 0. The van der Waals surface area contributed by atoms with Gasteiger partial charge in [0.05, 0.1) is 17.3 Å². The molecule has 0 atom stereocenters. The average molecular weight is 275 g/mol. The predicted molar refractivity (Wildman–Crippen MR) is 72.8 cm³/mol. The van der Waals surface area contributed by atoms with Gasteiger partial charge in [-0.05, 0) is 30.7 Å². The standard InChI is InChI=1S/C12H16Cl2N2O/c1-8(2)6-15-7-12(17)16-11-4-3-9(13)5-10(11)14/h3-5,8,15H,6-7H2,1-2H3,(H,16,17). The van der Waals surface area contributed by atoms with Crippen LogP contribution >= 0.6 is 23.2 Å². The molecule has 1 amide bonds. The second kappa shape index (κ2) is 6.84. The summed E-state index contributed by atoms with van der Waals surface area (Å²) in [5.74, 6) is 0.400. The zero-order chi connectivity index (χ0) is 12.8. The van der Waals surface area contributed by atoms with Gasteiger partial charge in [0.1, 0.15) is 0 Å². The maximum absolute atomic E-state index is 11.6. The van der Waals surface area contributed by atoms with E-state index in [1.807, 2.05) is 0 Å². The van der Waals surface area contributed by atoms with Crippen molar-refractivity contribution in [3.63, 3.8) is 0 Å². The summed E-state index contributed by atoms with van der Waals surface area (Å²) in [4.78, 5) is 11.6. The molecule has 0 bridgehead atoms. The van der Waals surface area contributed by atoms with Gasteiger partial charge in [-0.3, -0.25) is 4.79 Å². The molecule has 5 heteroatoms. The monoisotopic (exact) mass is 274 g/mol. The van der Waals surface area contributed by atoms with Gasteiger partial charge in [-0.15, -0.1) is 0 Å². The van der Waals surface area contributed by atoms with E-state index in [1.54, 1.807) is 18.2 Å². The van der Waals surface area contributed by atoms with Crippen LogP contribution in [0.1, 0.15) is 13.8 Å². The Labute approximate surface area is 111 Å². The SMILES string of the molecule is CC(C)CNCC(=O)Nc1ccc(Cl)cc1Cl. The summed E-state index contributed by atoms with van der Waals surface area (Å²) in [5.41, 5.74) is 0.576. The number of hydrogen-bond acceptors (Lipinski definition) is 2. The van der Waals surface area contributed by atoms with Gasteiger partial charge >= 0.3 is 0 Å². The zero-order valence-corrected chi connectivity index (χ0v) is 11.4. The Bertz CT molecular complexity index is 394. The third-order valence-electron chi connectivity index (χ3n) is 2.04. The van der Waals surface area contributed by atoms with Crippen molar-refractivity contribution in [2.75, 3.05) is 18.4 Å². The van der Waals surface area contributed by atoms with Gasteiger partial charge in [0.25, 0.3) is 0 Å². The van der Waals surface area contributed by atoms with Gasteiger partial charge in [-0.25, -0.2) is 0 Å². The van der Waals surface area contributed by atoms with Gasteiger partial charge in [0.2, 0.25) is 5.91 Å². The molecule has 2 N–H and O–H groups in total. The van der Waals surface area contributed by atoms with Gasteiger partial charge in [-0.2, -0.15) is 0 Å². The highest BCUT2D eigenvalue weighted by Crippen LogP contribution is 2.25. The van der Waals surface area contributed by atoms with E-state index in [-0.39, 0.29) is 12.5 Å². The zero-order valence-electron chi connectivity index (χ0n) is 9.89. The van der Waals surface area contributed by atoms with Crippen LogP contribution in [-0.2, 0) is 4.79 Å². The van der Waals surface area contributed by atoms with E-state index >= 15 is 0 Å². The lowest BCUT2D eigenvalue weighted by Crippen LogP contribution is -2.30. The number of carbonyl (C=O) groups excluding carboxylic acids is 1. The second-order valence-corrected chi connectivity index (χ2v) is 5.04. The van der Waals surface area contributed by atoms with Crippen LogP contribution in [0.5, 0.6) is 0 Å². The van der Waals surface area contributed by atoms with Crippen molar-refractivity contribution in [2.45, 2.75) is 13.8 Å². The molecule has 0 saturated heterocycles. The van der Waals surface area contributed by atoms with Crippen LogP contribution in [0.2, 0.25) is 10.0 Å². The van der Waals surface area contributed by atoms with E-state index in [0.29, 0.717) is 21.7 Å². The topological polar surface area (TPSA) is 41.1 Å². The number of nitrogens with one attached hydrogen (secondary N) is 2. The third kappa shape index (κ3) is 5.39. The van der Waals surface area contributed by atoms with E-state index < -0.39 is 0 Å². The molecule has 0 aliphatic rings. The molecule has 0 unspecified atom stereocenters. The number of benzene rings is 1. The van der Waals surface area contributed by atoms with E-state index in [4.69, 9.17) is 23.2 Å². The fourth-order valence-corrected chi connectivity index (χ4v) is 1.72. The van der Waals surface area contributed by atoms with Crippen molar-refractivity contribution in [1.29, 1.82) is 0 Å². The van der Waals surface area contributed by atoms with E-state index in [2.05, 4.69) is 24.5 Å². The first-order chi connectivity index (χ1) is 7.99. The van der Waals surface area contributed by atoms with Gasteiger partial charge in [0.15, 0.2) is 0 Å². The van der Waals surface area contributed by atoms with Crippen molar-refractivity contribution in [3.05, 3.63) is 28.2 Å². The molecule has 1 rings (SSSR count). The highest BCUT2D eigenvalue weighted by Gasteiger charge is 2.06. The van der Waals surface area contributed by atoms with Crippen molar-refractivity contribution < 1.29 is 4.79 Å². The molecule has 3 nitrogen and oxygen atoms in total. The summed E-state index contributed by atoms with van der Waals surface area (Å²) in [5, 5.41) is 6.76. The molecule has 0 aromatic heterocycles. The molecule has 0 spiro atoms. The Morgan fingerprint density at radius 3 is 2.65 bits per heavy atom. The largest absolute Gasteiger partial charge is 0.324 e. The first-order valence-corrected chi connectivity index (χ1v) is 6.20. The molecule has 94 valence electrons. The Kier molecular flexibility index (Phi) is 5.75. The minimum absolute atomic E-state index is 0.116. The van der Waals surface area contributed by atoms with Crippen molar-refractivity contribution in [2.24, 2.45) is 5.92 Å². The number of anilines is 1. The molecule has 1 aromatic rings. The highest BCUT2D eigenvalue weighted by atomic mass is 35.5. The number of rotatable bonds is 5. The van der Waals surface area contributed by atoms with Crippen molar-refractivity contribution in [1.82, 2.24) is 5.32 Å². The first-order valence-electron chi connectivity index (χ1n) is 5.44. The molecule has 0 radical (unpaired) electrons. The fourth-order valence-electron chi connectivity index (χ4n) is 1.26. The summed E-state index contributed by atoms with van der Waals surface area (Å²) in [7, 11) is 0. The highest BCUT2D eigenvalue weighted by molar-refractivity contribution is 6.36. The number of halogens is 2. The smallest absolute Gasteiger partial charge is 0.238 e. The maximum atomic E-state index is 11.6. The van der Waals surface area contributed by atoms with Gasteiger partial charge in [-0.1, -0.05) is 37.0 Å². The van der Waals surface area contributed by atoms with Crippen LogP contribution < -0.4 is 10.6 Å². The minimum atomic E-state index is -0.116. The first kappa shape index (κ1) is 14.3. The van der Waals surface area contributed by atoms with Gasteiger partial charge < -0.3 is 10.6 Å². The summed E-state index contributed by atoms with van der Waals surface area (Å²) in [6.45, 7) is 5.25. The van der Waals surface area contributed by atoms with Crippen LogP contribution in [0, 0.1) is 5.92 Å². The van der Waals surface area contributed by atoms with Crippen LogP contribution in [0.3, 0.4) is 0 Å².